The van der Waals surface area contributed by atoms with Crippen LogP contribution in [0.15, 0.2) is 36.4 Å². The van der Waals surface area contributed by atoms with E-state index in [0.29, 0.717) is 0 Å². The molecule has 9 heteroatoms. The van der Waals surface area contributed by atoms with Crippen LogP contribution in [0.3, 0.4) is 0 Å². The smallest absolute Gasteiger partial charge is 0.325 e. The number of halogens is 6. The number of anilines is 1. The molecule has 0 aliphatic carbocycles. The quantitative estimate of drug-likeness (QED) is 0.695. The molecular weight excluding hydrogens is 395 g/mol. The Hall–Kier alpha value is -1.83. The average molecular weight is 407 g/mol. The number of amides is 1. The molecule has 0 radical (unpaired) electrons. The molecule has 26 heavy (non-hydrogen) atoms. The van der Waals surface area contributed by atoms with Crippen molar-refractivity contribution in [2.75, 3.05) is 11.9 Å². The van der Waals surface area contributed by atoms with Gasteiger partial charge in [-0.3, -0.25) is 9.69 Å². The number of nitrogens with one attached hydrogen (secondary N) is 1. The summed E-state index contributed by atoms with van der Waals surface area (Å²) in [6.45, 7) is -1.07. The minimum Gasteiger partial charge on any atom is -0.325 e. The maximum atomic E-state index is 14.1. The zero-order chi connectivity index (χ0) is 19.1. The molecule has 1 heterocycles. The molecule has 0 bridgehead atoms. The first kappa shape index (κ1) is 18.9. The predicted octanol–water partition coefficient (Wildman–Crippen LogP) is 5.19. The summed E-state index contributed by atoms with van der Waals surface area (Å²) >= 11 is 11.8. The van der Waals surface area contributed by atoms with Crippen molar-refractivity contribution in [3.8, 4) is 0 Å². The van der Waals surface area contributed by atoms with Crippen LogP contribution in [0.5, 0.6) is 0 Å². The van der Waals surface area contributed by atoms with E-state index in [2.05, 4.69) is 5.32 Å². The molecule has 3 rings (SSSR count). The summed E-state index contributed by atoms with van der Waals surface area (Å²) < 4.78 is 55.7. The fourth-order valence-corrected chi connectivity index (χ4v) is 3.36. The Balaban J connectivity index is 2.11. The van der Waals surface area contributed by atoms with E-state index in [0.717, 1.165) is 17.0 Å². The monoisotopic (exact) mass is 406 g/mol. The third-order valence-electron chi connectivity index (χ3n) is 4.03. The average Bonchev–Trinajstić information content (AvgIpc) is 2.65. The molecule has 138 valence electrons. The fourth-order valence-electron chi connectivity index (χ4n) is 2.95. The van der Waals surface area contributed by atoms with E-state index in [1.807, 2.05) is 0 Å². The van der Waals surface area contributed by atoms with Gasteiger partial charge >= 0.3 is 6.18 Å². The van der Waals surface area contributed by atoms with Crippen LogP contribution in [0.25, 0.3) is 0 Å². The number of carbonyl (C=O) groups excluding carboxylic acids is 1. The van der Waals surface area contributed by atoms with Crippen LogP contribution in [0, 0.1) is 5.82 Å². The number of carbonyl (C=O) groups is 1. The van der Waals surface area contributed by atoms with Crippen molar-refractivity contribution in [1.82, 2.24) is 4.90 Å². The Labute approximate surface area is 156 Å². The van der Waals surface area contributed by atoms with Crippen molar-refractivity contribution in [3.63, 3.8) is 0 Å². The van der Waals surface area contributed by atoms with Gasteiger partial charge in [-0.1, -0.05) is 29.3 Å². The van der Waals surface area contributed by atoms with Gasteiger partial charge in [-0.05, 0) is 30.3 Å². The Kier molecular flexibility index (Phi) is 5.14. The van der Waals surface area contributed by atoms with Gasteiger partial charge in [0, 0.05) is 33.4 Å². The summed E-state index contributed by atoms with van der Waals surface area (Å²) in [4.78, 5) is 12.9. The second kappa shape index (κ2) is 7.06. The zero-order valence-corrected chi connectivity index (χ0v) is 14.6. The Morgan fingerprint density at radius 3 is 2.58 bits per heavy atom. The van der Waals surface area contributed by atoms with Crippen molar-refractivity contribution in [2.45, 2.75) is 18.8 Å². The van der Waals surface area contributed by atoms with E-state index in [-0.39, 0.29) is 26.9 Å². The lowest BCUT2D eigenvalue weighted by Gasteiger charge is -2.31. The second-order valence-electron chi connectivity index (χ2n) is 5.83. The molecule has 1 atom stereocenters. The molecule has 1 aliphatic heterocycles. The number of hydrogen-bond donors (Lipinski definition) is 1. The summed E-state index contributed by atoms with van der Waals surface area (Å²) in [7, 11) is 0. The molecule has 0 saturated heterocycles. The van der Waals surface area contributed by atoms with E-state index < -0.39 is 37.0 Å². The molecule has 0 saturated carbocycles. The molecule has 2 aromatic rings. The summed E-state index contributed by atoms with van der Waals surface area (Å²) in [6, 6.07) is 5.54. The first-order valence-electron chi connectivity index (χ1n) is 7.50. The van der Waals surface area contributed by atoms with Crippen molar-refractivity contribution in [3.05, 3.63) is 63.4 Å². The summed E-state index contributed by atoms with van der Waals surface area (Å²) in [6.07, 6.45) is -4.72. The highest BCUT2D eigenvalue weighted by atomic mass is 35.5. The highest BCUT2D eigenvalue weighted by Gasteiger charge is 2.47. The second-order valence-corrected chi connectivity index (χ2v) is 6.67. The fraction of sp³-hybridized carbons (Fsp3) is 0.235. The van der Waals surface area contributed by atoms with Gasteiger partial charge in [-0.15, -0.1) is 0 Å². The lowest BCUT2D eigenvalue weighted by molar-refractivity contribution is -0.187. The Bertz CT molecular complexity index is 837. The minimum absolute atomic E-state index is 0.0121. The minimum atomic E-state index is -4.72. The van der Waals surface area contributed by atoms with Crippen LogP contribution in [0.4, 0.5) is 23.2 Å². The standard InChI is InChI=1S/C17H12Cl2F4N2O/c18-9-4-5-14-10(6-9)16(17(21,22)23)25(8-15(26)24-14)7-11-12(19)2-1-3-13(11)20/h1-6,16H,7-8H2,(H,24,26). The zero-order valence-electron chi connectivity index (χ0n) is 13.1. The van der Waals surface area contributed by atoms with Crippen LogP contribution in [-0.2, 0) is 11.3 Å². The summed E-state index contributed by atoms with van der Waals surface area (Å²) in [5, 5.41) is 2.51. The van der Waals surface area contributed by atoms with Gasteiger partial charge in [-0.25, -0.2) is 4.39 Å². The Morgan fingerprint density at radius 1 is 1.19 bits per heavy atom. The molecule has 1 N–H and O–H groups in total. The van der Waals surface area contributed by atoms with Crippen LogP contribution >= 0.6 is 23.2 Å². The van der Waals surface area contributed by atoms with Crippen LogP contribution in [-0.4, -0.2) is 23.5 Å². The number of rotatable bonds is 2. The first-order chi connectivity index (χ1) is 12.2. The van der Waals surface area contributed by atoms with E-state index in [4.69, 9.17) is 23.2 Å². The predicted molar refractivity (Wildman–Crippen MR) is 90.7 cm³/mol. The summed E-state index contributed by atoms with van der Waals surface area (Å²) in [5.41, 5.74) is -0.297. The van der Waals surface area contributed by atoms with Gasteiger partial charge in [0.1, 0.15) is 11.9 Å². The molecule has 1 amide bonds. The first-order valence-corrected chi connectivity index (χ1v) is 8.25. The lowest BCUT2D eigenvalue weighted by atomic mass is 10.0. The van der Waals surface area contributed by atoms with Gasteiger partial charge in [0.25, 0.3) is 0 Å². The van der Waals surface area contributed by atoms with E-state index >= 15 is 0 Å². The number of alkyl halides is 3. The van der Waals surface area contributed by atoms with Crippen molar-refractivity contribution < 1.29 is 22.4 Å². The van der Waals surface area contributed by atoms with Gasteiger partial charge in [0.15, 0.2) is 0 Å². The molecule has 0 spiro atoms. The molecule has 0 fully saturated rings. The van der Waals surface area contributed by atoms with Crippen molar-refractivity contribution in [2.24, 2.45) is 0 Å². The number of fused-ring (bicyclic) bond motifs is 1. The van der Waals surface area contributed by atoms with E-state index in [9.17, 15) is 22.4 Å². The van der Waals surface area contributed by atoms with Crippen LogP contribution in [0.2, 0.25) is 10.0 Å². The third-order valence-corrected chi connectivity index (χ3v) is 4.62. The normalized spacial score (nSPS) is 18.2. The summed E-state index contributed by atoms with van der Waals surface area (Å²) in [5.74, 6) is -1.39. The molecule has 1 unspecified atom stereocenters. The maximum absolute atomic E-state index is 14.1. The lowest BCUT2D eigenvalue weighted by Crippen LogP contribution is -2.40. The van der Waals surface area contributed by atoms with Crippen molar-refractivity contribution in [1.29, 1.82) is 0 Å². The van der Waals surface area contributed by atoms with Gasteiger partial charge < -0.3 is 5.32 Å². The molecular formula is C17H12Cl2F4N2O. The topological polar surface area (TPSA) is 32.3 Å². The highest BCUT2D eigenvalue weighted by Crippen LogP contribution is 2.44. The third kappa shape index (κ3) is 3.79. The van der Waals surface area contributed by atoms with Gasteiger partial charge in [-0.2, -0.15) is 13.2 Å². The number of benzene rings is 2. The van der Waals surface area contributed by atoms with Gasteiger partial charge in [0.2, 0.25) is 5.91 Å². The SMILES string of the molecule is O=C1CN(Cc2c(F)cccc2Cl)C(C(F)(F)F)c2cc(Cl)ccc2N1. The molecule has 0 aromatic heterocycles. The highest BCUT2D eigenvalue weighted by molar-refractivity contribution is 6.31. The van der Waals surface area contributed by atoms with Gasteiger partial charge in [0.05, 0.1) is 6.54 Å². The largest absolute Gasteiger partial charge is 0.408 e. The molecule has 2 aromatic carbocycles. The Morgan fingerprint density at radius 2 is 1.92 bits per heavy atom. The number of nitrogens with zero attached hydrogens (tertiary/aromatic N) is 1. The van der Waals surface area contributed by atoms with E-state index in [1.165, 1.54) is 24.3 Å². The van der Waals surface area contributed by atoms with E-state index in [1.54, 1.807) is 0 Å². The van der Waals surface area contributed by atoms with Crippen molar-refractivity contribution >= 4 is 34.8 Å². The van der Waals surface area contributed by atoms with Crippen LogP contribution < -0.4 is 5.32 Å². The molecule has 1 aliphatic rings. The van der Waals surface area contributed by atoms with Crippen LogP contribution in [0.1, 0.15) is 17.2 Å². The maximum Gasteiger partial charge on any atom is 0.408 e. The molecule has 3 nitrogen and oxygen atoms in total. The number of hydrogen-bond acceptors (Lipinski definition) is 2.